The van der Waals surface area contributed by atoms with Crippen molar-refractivity contribution in [3.8, 4) is 0 Å². The lowest BCUT2D eigenvalue weighted by molar-refractivity contribution is 0.526. The summed E-state index contributed by atoms with van der Waals surface area (Å²) in [7, 11) is 1.96. The second kappa shape index (κ2) is 49.3. The SMILES string of the molecule is C/C=C(\C)C1CCCNC/C(NCCC)=C\1C.C=C/C=C/C.C=CCCC(/C=C\C)/C=N/NC/C=C\C.CC.CC.CCCNC. The van der Waals surface area contributed by atoms with Crippen molar-refractivity contribution in [2.45, 2.75) is 122 Å². The van der Waals surface area contributed by atoms with Crippen molar-refractivity contribution >= 4 is 6.21 Å². The van der Waals surface area contributed by atoms with E-state index >= 15 is 0 Å². The highest BCUT2D eigenvalue weighted by Gasteiger charge is 2.17. The highest BCUT2D eigenvalue weighted by atomic mass is 15.3. The molecule has 270 valence electrons. The van der Waals surface area contributed by atoms with Crippen LogP contribution in [0.5, 0.6) is 0 Å². The molecule has 1 heterocycles. The van der Waals surface area contributed by atoms with Gasteiger partial charge in [-0.2, -0.15) is 5.10 Å². The average Bonchev–Trinajstić information content (AvgIpc) is 3.08. The molecule has 2 unspecified atom stereocenters. The van der Waals surface area contributed by atoms with Gasteiger partial charge in [0.2, 0.25) is 0 Å². The lowest BCUT2D eigenvalue weighted by atomic mass is 9.86. The third kappa shape index (κ3) is 39.4. The second-order valence-electron chi connectivity index (χ2n) is 10.1. The van der Waals surface area contributed by atoms with Gasteiger partial charge in [0.15, 0.2) is 0 Å². The normalized spacial score (nSPS) is 16.9. The third-order valence-corrected chi connectivity index (χ3v) is 6.51. The molecule has 0 radical (unpaired) electrons. The summed E-state index contributed by atoms with van der Waals surface area (Å²) in [4.78, 5) is 0. The Morgan fingerprint density at radius 1 is 1.00 bits per heavy atom. The molecule has 0 aromatic carbocycles. The van der Waals surface area contributed by atoms with E-state index in [2.05, 4.69) is 92.5 Å². The van der Waals surface area contributed by atoms with E-state index < -0.39 is 0 Å². The van der Waals surface area contributed by atoms with Crippen LogP contribution in [0.4, 0.5) is 0 Å². The average molecular weight is 644 g/mol. The molecule has 0 aromatic heterocycles. The van der Waals surface area contributed by atoms with E-state index in [1.807, 2.05) is 92.1 Å². The molecule has 1 aliphatic rings. The lowest BCUT2D eigenvalue weighted by Gasteiger charge is -2.26. The predicted molar refractivity (Wildman–Crippen MR) is 217 cm³/mol. The highest BCUT2D eigenvalue weighted by Crippen LogP contribution is 2.27. The second-order valence-corrected chi connectivity index (χ2v) is 10.1. The fraction of sp³-hybridized carbons (Fsp3) is 0.634. The van der Waals surface area contributed by atoms with Gasteiger partial charge in [0.25, 0.3) is 0 Å². The van der Waals surface area contributed by atoms with Crippen LogP contribution in [-0.2, 0) is 0 Å². The zero-order valence-corrected chi connectivity index (χ0v) is 33.1. The van der Waals surface area contributed by atoms with Gasteiger partial charge in [-0.3, -0.25) is 0 Å². The standard InChI is InChI=1S/C15H28N2.C13H22N2.C5H8.C4H11N.2C2H6/c1-5-9-17-15-11-16-10-7-8-14(13(15)4)12(3)6-2;1-4-7-10-13(9-6-3)12-15-14-11-8-5-2;1-3-5-4-2;1-3-4-5-2;2*1-2/h6,14,16-17H,5,7-11H2,1-4H3;4-6,8-9,12-14H,1,7,10-11H2,2-3H3;3-5H,1H2,2H3;5H,3-4H2,1-2H3;2*1-2H3/b12-6+,15-13+;8-5-,9-6-,15-12+;5-4+;;;. The van der Waals surface area contributed by atoms with Crippen LogP contribution >= 0.6 is 0 Å². The van der Waals surface area contributed by atoms with Gasteiger partial charge in [0.05, 0.1) is 6.54 Å². The minimum Gasteiger partial charge on any atom is -0.387 e. The number of hydrogen-bond acceptors (Lipinski definition) is 5. The maximum Gasteiger partial charge on any atom is 0.0510 e. The fourth-order valence-corrected chi connectivity index (χ4v) is 3.99. The van der Waals surface area contributed by atoms with Gasteiger partial charge >= 0.3 is 0 Å². The minimum absolute atomic E-state index is 0.408. The molecule has 0 fully saturated rings. The first-order chi connectivity index (χ1) is 22.4. The Kier molecular flexibility index (Phi) is 56.6. The van der Waals surface area contributed by atoms with Gasteiger partial charge in [-0.15, -0.1) is 6.58 Å². The first-order valence-corrected chi connectivity index (χ1v) is 18.1. The molecule has 0 spiro atoms. The van der Waals surface area contributed by atoms with Crippen LogP contribution in [0.15, 0.2) is 89.8 Å². The van der Waals surface area contributed by atoms with E-state index in [1.54, 1.807) is 6.08 Å². The Bertz CT molecular complexity index is 785. The summed E-state index contributed by atoms with van der Waals surface area (Å²) in [5.74, 6) is 1.05. The summed E-state index contributed by atoms with van der Waals surface area (Å²) >= 11 is 0. The molecule has 0 aliphatic carbocycles. The van der Waals surface area contributed by atoms with Gasteiger partial charge in [-0.25, -0.2) is 0 Å². The summed E-state index contributed by atoms with van der Waals surface area (Å²) in [5, 5.41) is 14.3. The molecule has 2 atom stereocenters. The van der Waals surface area contributed by atoms with Crippen LogP contribution in [0.25, 0.3) is 0 Å². The van der Waals surface area contributed by atoms with Crippen molar-refractivity contribution in [2.24, 2.45) is 16.9 Å². The summed E-state index contributed by atoms with van der Waals surface area (Å²) < 4.78 is 0. The van der Waals surface area contributed by atoms with E-state index in [-0.39, 0.29) is 0 Å². The minimum atomic E-state index is 0.408. The first-order valence-electron chi connectivity index (χ1n) is 18.1. The van der Waals surface area contributed by atoms with E-state index in [0.29, 0.717) is 11.8 Å². The summed E-state index contributed by atoms with van der Waals surface area (Å²) in [6, 6.07) is 0. The van der Waals surface area contributed by atoms with E-state index in [9.17, 15) is 0 Å². The molecule has 1 aliphatic heterocycles. The largest absolute Gasteiger partial charge is 0.387 e. The zero-order valence-electron chi connectivity index (χ0n) is 33.1. The Balaban J connectivity index is -0.000000175. The molecule has 0 amide bonds. The Hall–Kier alpha value is -2.63. The Morgan fingerprint density at radius 2 is 1.65 bits per heavy atom. The molecule has 0 saturated heterocycles. The van der Waals surface area contributed by atoms with Gasteiger partial charge in [-0.1, -0.05) is 108 Å². The topological polar surface area (TPSA) is 60.5 Å². The number of allylic oxidation sites excluding steroid dienone is 10. The van der Waals surface area contributed by atoms with Crippen molar-refractivity contribution in [2.75, 3.05) is 39.8 Å². The lowest BCUT2D eigenvalue weighted by Crippen LogP contribution is -2.31. The van der Waals surface area contributed by atoms with E-state index in [4.69, 9.17) is 0 Å². The molecule has 0 aromatic rings. The van der Waals surface area contributed by atoms with Crippen molar-refractivity contribution < 1.29 is 0 Å². The van der Waals surface area contributed by atoms with Crippen LogP contribution < -0.4 is 21.4 Å². The molecule has 0 bridgehead atoms. The smallest absolute Gasteiger partial charge is 0.0510 e. The van der Waals surface area contributed by atoms with Crippen LogP contribution in [0.2, 0.25) is 0 Å². The monoisotopic (exact) mass is 644 g/mol. The van der Waals surface area contributed by atoms with Crippen molar-refractivity contribution in [3.63, 3.8) is 0 Å². The first kappa shape index (κ1) is 52.9. The van der Waals surface area contributed by atoms with E-state index in [0.717, 1.165) is 45.6 Å². The zero-order chi connectivity index (χ0) is 36.3. The number of hydrogen-bond donors (Lipinski definition) is 4. The molecular formula is C41H81N5. The van der Waals surface area contributed by atoms with Gasteiger partial charge in [0.1, 0.15) is 0 Å². The summed E-state index contributed by atoms with van der Waals surface area (Å²) in [6.45, 7) is 37.4. The van der Waals surface area contributed by atoms with Crippen LogP contribution in [0, 0.1) is 11.8 Å². The maximum absolute atomic E-state index is 4.17. The number of nitrogens with one attached hydrogen (secondary N) is 4. The van der Waals surface area contributed by atoms with Gasteiger partial charge in [0, 0.05) is 36.8 Å². The van der Waals surface area contributed by atoms with Crippen molar-refractivity contribution in [3.05, 3.63) is 84.7 Å². The molecule has 1 rings (SSSR count). The maximum atomic E-state index is 4.17. The number of nitrogens with zero attached hydrogens (tertiary/aromatic N) is 1. The van der Waals surface area contributed by atoms with E-state index in [1.165, 1.54) is 42.5 Å². The molecule has 0 saturated carbocycles. The highest BCUT2D eigenvalue weighted by molar-refractivity contribution is 5.62. The molecule has 5 nitrogen and oxygen atoms in total. The predicted octanol–water partition coefficient (Wildman–Crippen LogP) is 10.9. The Labute approximate surface area is 290 Å². The molecular weight excluding hydrogens is 562 g/mol. The number of rotatable bonds is 15. The molecule has 46 heavy (non-hydrogen) atoms. The van der Waals surface area contributed by atoms with Crippen LogP contribution in [-0.4, -0.2) is 46.0 Å². The summed E-state index contributed by atoms with van der Waals surface area (Å²) in [5.41, 5.74) is 7.43. The van der Waals surface area contributed by atoms with Crippen molar-refractivity contribution in [1.82, 2.24) is 21.4 Å². The fourth-order valence-electron chi connectivity index (χ4n) is 3.99. The van der Waals surface area contributed by atoms with Crippen molar-refractivity contribution in [1.29, 1.82) is 0 Å². The third-order valence-electron chi connectivity index (χ3n) is 6.51. The number of hydrazone groups is 1. The summed E-state index contributed by atoms with van der Waals surface area (Å²) in [6.07, 6.45) is 27.0. The van der Waals surface area contributed by atoms with Crippen LogP contribution in [0.1, 0.15) is 122 Å². The molecule has 4 N–H and O–H groups in total. The van der Waals surface area contributed by atoms with Gasteiger partial charge < -0.3 is 21.4 Å². The quantitative estimate of drug-likeness (QED) is 0.0471. The Morgan fingerprint density at radius 3 is 2.09 bits per heavy atom. The van der Waals surface area contributed by atoms with Crippen LogP contribution in [0.3, 0.4) is 0 Å². The molecule has 5 heteroatoms. The van der Waals surface area contributed by atoms with Gasteiger partial charge in [-0.05, 0) is 106 Å².